The van der Waals surface area contributed by atoms with Gasteiger partial charge in [-0.3, -0.25) is 10.1 Å². The first-order valence-electron chi connectivity index (χ1n) is 9.30. The van der Waals surface area contributed by atoms with Crippen molar-refractivity contribution in [3.63, 3.8) is 0 Å². The van der Waals surface area contributed by atoms with Crippen molar-refractivity contribution in [1.29, 1.82) is 0 Å². The molecule has 0 aliphatic carbocycles. The van der Waals surface area contributed by atoms with Crippen LogP contribution in [0.2, 0.25) is 0 Å². The minimum absolute atomic E-state index is 0.215. The number of carbonyl (C=O) groups is 2. The smallest absolute Gasteiger partial charge is 0.325 e. The molecule has 0 aromatic carbocycles. The highest BCUT2D eigenvalue weighted by Gasteiger charge is 2.49. The summed E-state index contributed by atoms with van der Waals surface area (Å²) in [6.45, 7) is 4.97. The molecule has 24 heavy (non-hydrogen) atoms. The first-order valence-corrected chi connectivity index (χ1v) is 9.30. The molecule has 2 unspecified atom stereocenters. The molecule has 2 fully saturated rings. The second-order valence-corrected chi connectivity index (χ2v) is 6.99. The van der Waals surface area contributed by atoms with Crippen LogP contribution in [-0.2, 0) is 4.79 Å². The van der Waals surface area contributed by atoms with Crippen LogP contribution >= 0.6 is 0 Å². The number of nitrogens with zero attached hydrogens (tertiary/aromatic N) is 4. The molecular weight excluding hydrogens is 306 g/mol. The van der Waals surface area contributed by atoms with Crippen LogP contribution in [-0.4, -0.2) is 71.5 Å². The normalized spacial score (nSPS) is 27.8. The summed E-state index contributed by atoms with van der Waals surface area (Å²) in [4.78, 5) is 35.3. The molecular formula is C17H29N5O2. The van der Waals surface area contributed by atoms with E-state index in [9.17, 15) is 9.59 Å². The summed E-state index contributed by atoms with van der Waals surface area (Å²) in [5, 5.41) is 2.47. The molecule has 1 N–H and O–H groups in total. The van der Waals surface area contributed by atoms with Crippen molar-refractivity contribution in [3.05, 3.63) is 0 Å². The number of unbranched alkanes of at least 4 members (excludes halogenated alkanes) is 2. The fourth-order valence-electron chi connectivity index (χ4n) is 3.82. The molecule has 3 heterocycles. The largest absolute Gasteiger partial charge is 0.343 e. The standard InChI is InChI=1S/C17H29N5O2/c1-3-4-7-12-22-13-14(20(2)17(24)19-15(13)23)18-16(22)21-10-8-5-6-9-11-21/h13-14H,3-12H2,1-2H3,(H,19,23,24). The van der Waals surface area contributed by atoms with E-state index >= 15 is 0 Å². The first kappa shape index (κ1) is 17.0. The predicted octanol–water partition coefficient (Wildman–Crippen LogP) is 1.60. The number of fused-ring (bicyclic) bond motifs is 1. The number of aliphatic imine (C=N–C) groups is 1. The lowest BCUT2D eigenvalue weighted by Gasteiger charge is -2.37. The zero-order valence-electron chi connectivity index (χ0n) is 14.8. The summed E-state index contributed by atoms with van der Waals surface area (Å²) in [6.07, 6.45) is 7.76. The summed E-state index contributed by atoms with van der Waals surface area (Å²) in [7, 11) is 1.72. The molecule has 3 rings (SSSR count). The Morgan fingerprint density at radius 2 is 1.83 bits per heavy atom. The van der Waals surface area contributed by atoms with Gasteiger partial charge >= 0.3 is 6.03 Å². The third-order valence-corrected chi connectivity index (χ3v) is 5.23. The molecule has 0 aromatic heterocycles. The van der Waals surface area contributed by atoms with Crippen LogP contribution in [0.15, 0.2) is 4.99 Å². The van der Waals surface area contributed by atoms with E-state index in [1.165, 1.54) is 12.8 Å². The van der Waals surface area contributed by atoms with Gasteiger partial charge < -0.3 is 14.7 Å². The van der Waals surface area contributed by atoms with Gasteiger partial charge in [-0.15, -0.1) is 0 Å². The molecule has 2 atom stereocenters. The second-order valence-electron chi connectivity index (χ2n) is 6.99. The number of amides is 3. The van der Waals surface area contributed by atoms with Crippen molar-refractivity contribution in [2.45, 2.75) is 64.1 Å². The van der Waals surface area contributed by atoms with Crippen molar-refractivity contribution in [2.24, 2.45) is 4.99 Å². The van der Waals surface area contributed by atoms with E-state index in [1.54, 1.807) is 11.9 Å². The third kappa shape index (κ3) is 3.21. The van der Waals surface area contributed by atoms with Crippen molar-refractivity contribution < 1.29 is 9.59 Å². The number of carbonyl (C=O) groups excluding carboxylic acids is 2. The number of imide groups is 1. The van der Waals surface area contributed by atoms with Gasteiger partial charge in [-0.05, 0) is 19.3 Å². The number of urea groups is 1. The zero-order chi connectivity index (χ0) is 17.1. The Labute approximate surface area is 144 Å². The number of hydrogen-bond acceptors (Lipinski definition) is 5. The van der Waals surface area contributed by atoms with Crippen LogP contribution in [0.5, 0.6) is 0 Å². The van der Waals surface area contributed by atoms with Crippen LogP contribution in [0, 0.1) is 0 Å². The van der Waals surface area contributed by atoms with E-state index < -0.39 is 6.17 Å². The quantitative estimate of drug-likeness (QED) is 0.793. The number of nitrogens with one attached hydrogen (secondary N) is 1. The van der Waals surface area contributed by atoms with Gasteiger partial charge in [0, 0.05) is 26.7 Å². The van der Waals surface area contributed by atoms with Crippen molar-refractivity contribution in [2.75, 3.05) is 26.7 Å². The predicted molar refractivity (Wildman–Crippen MR) is 92.6 cm³/mol. The van der Waals surface area contributed by atoms with Crippen molar-refractivity contribution >= 4 is 17.9 Å². The van der Waals surface area contributed by atoms with Gasteiger partial charge in [0.25, 0.3) is 5.91 Å². The zero-order valence-corrected chi connectivity index (χ0v) is 14.8. The molecule has 3 aliphatic heterocycles. The minimum Gasteiger partial charge on any atom is -0.343 e. The molecule has 0 spiro atoms. The second kappa shape index (κ2) is 7.40. The number of likely N-dealkylation sites (tertiary alicyclic amines) is 1. The maximum atomic E-state index is 12.5. The molecule has 7 nitrogen and oxygen atoms in total. The van der Waals surface area contributed by atoms with Gasteiger partial charge in [0.2, 0.25) is 0 Å². The summed E-state index contributed by atoms with van der Waals surface area (Å²) in [5.74, 6) is 0.702. The molecule has 3 aliphatic rings. The van der Waals surface area contributed by atoms with Crippen LogP contribution in [0.3, 0.4) is 0 Å². The molecule has 134 valence electrons. The van der Waals surface area contributed by atoms with E-state index in [-0.39, 0.29) is 18.0 Å². The van der Waals surface area contributed by atoms with Crippen LogP contribution < -0.4 is 5.32 Å². The summed E-state index contributed by atoms with van der Waals surface area (Å²) in [5.41, 5.74) is 0. The SMILES string of the molecule is CCCCCN1C(N2CCCCCC2)=NC2C1C(=O)NC(=O)N2C. The Kier molecular flexibility index (Phi) is 5.26. The maximum Gasteiger partial charge on any atom is 0.325 e. The van der Waals surface area contributed by atoms with E-state index in [2.05, 4.69) is 22.0 Å². The van der Waals surface area contributed by atoms with Crippen LogP contribution in [0.4, 0.5) is 4.79 Å². The Morgan fingerprint density at radius 1 is 1.12 bits per heavy atom. The molecule has 0 aromatic rings. The van der Waals surface area contributed by atoms with Gasteiger partial charge in [0.1, 0.15) is 0 Å². The highest BCUT2D eigenvalue weighted by molar-refractivity contribution is 6.03. The van der Waals surface area contributed by atoms with Gasteiger partial charge in [-0.1, -0.05) is 32.6 Å². The summed E-state index contributed by atoms with van der Waals surface area (Å²) >= 11 is 0. The van der Waals surface area contributed by atoms with E-state index in [4.69, 9.17) is 4.99 Å². The third-order valence-electron chi connectivity index (χ3n) is 5.23. The molecule has 7 heteroatoms. The van der Waals surface area contributed by atoms with E-state index in [0.717, 1.165) is 57.7 Å². The van der Waals surface area contributed by atoms with E-state index in [0.29, 0.717) is 0 Å². The number of rotatable bonds is 4. The molecule has 0 bridgehead atoms. The molecule has 2 saturated heterocycles. The van der Waals surface area contributed by atoms with Crippen LogP contribution in [0.25, 0.3) is 0 Å². The van der Waals surface area contributed by atoms with Crippen molar-refractivity contribution in [3.8, 4) is 0 Å². The van der Waals surface area contributed by atoms with Gasteiger partial charge in [0.05, 0.1) is 0 Å². The summed E-state index contributed by atoms with van der Waals surface area (Å²) < 4.78 is 0. The van der Waals surface area contributed by atoms with Gasteiger partial charge in [-0.25, -0.2) is 9.79 Å². The lowest BCUT2D eigenvalue weighted by atomic mass is 10.1. The minimum atomic E-state index is -0.397. The Balaban J connectivity index is 1.84. The topological polar surface area (TPSA) is 68.2 Å². The lowest BCUT2D eigenvalue weighted by molar-refractivity contribution is -0.127. The molecule has 0 radical (unpaired) electrons. The van der Waals surface area contributed by atoms with Crippen molar-refractivity contribution in [1.82, 2.24) is 20.0 Å². The average molecular weight is 335 g/mol. The Morgan fingerprint density at radius 3 is 2.50 bits per heavy atom. The highest BCUT2D eigenvalue weighted by Crippen LogP contribution is 2.27. The first-order chi connectivity index (χ1) is 11.6. The van der Waals surface area contributed by atoms with Gasteiger partial charge in [0.15, 0.2) is 18.2 Å². The summed E-state index contributed by atoms with van der Waals surface area (Å²) in [6, 6.07) is -0.738. The molecule has 3 amide bonds. The number of hydrogen-bond donors (Lipinski definition) is 1. The maximum absolute atomic E-state index is 12.5. The van der Waals surface area contributed by atoms with E-state index in [1.807, 2.05) is 0 Å². The van der Waals surface area contributed by atoms with Crippen LogP contribution in [0.1, 0.15) is 51.9 Å². The monoisotopic (exact) mass is 335 g/mol. The Bertz CT molecular complexity index is 513. The van der Waals surface area contributed by atoms with Gasteiger partial charge in [-0.2, -0.15) is 0 Å². The highest BCUT2D eigenvalue weighted by atomic mass is 16.2. The average Bonchev–Trinajstić information content (AvgIpc) is 2.75. The number of guanidine groups is 1. The molecule has 0 saturated carbocycles. The fourth-order valence-corrected chi connectivity index (χ4v) is 3.82. The number of likely N-dealkylation sites (N-methyl/N-ethyl adjacent to an activating group) is 1. The lowest BCUT2D eigenvalue weighted by Crippen LogP contribution is -2.64. The Hall–Kier alpha value is -1.79. The fraction of sp³-hybridized carbons (Fsp3) is 0.824.